The molecule has 5 nitrogen and oxygen atoms in total. The summed E-state index contributed by atoms with van der Waals surface area (Å²) in [5, 5.41) is 0.216. The first-order chi connectivity index (χ1) is 15.2. The summed E-state index contributed by atoms with van der Waals surface area (Å²) >= 11 is 1.40. The van der Waals surface area contributed by atoms with E-state index in [1.54, 1.807) is 0 Å². The summed E-state index contributed by atoms with van der Waals surface area (Å²) in [5.74, 6) is -0.237. The third-order valence-electron chi connectivity index (χ3n) is 5.99. The molecule has 0 amide bonds. The monoisotopic (exact) mass is 420 g/mol. The molecule has 0 fully saturated rings. The molecule has 2 atom stereocenters. The van der Waals surface area contributed by atoms with Crippen molar-refractivity contribution >= 4 is 62.2 Å². The standard InChI is InChI=1S/C25H16N4OS/c30-25-19-7-8-22(31-25)24-21-12-18-6-4-16(28-18)10-14-2-1-13(26-14)9-15-3-5-17(27-15)11-20(29-21)23(19)24/h1-12,19,22,26,28H. The lowest BCUT2D eigenvalue weighted by Gasteiger charge is -2.30. The van der Waals surface area contributed by atoms with Gasteiger partial charge >= 0.3 is 0 Å². The highest BCUT2D eigenvalue weighted by Gasteiger charge is 2.42. The number of nitrogens with one attached hydrogen (secondary N) is 2. The Kier molecular flexibility index (Phi) is 3.41. The molecule has 0 aromatic carbocycles. The molecule has 2 unspecified atom stereocenters. The van der Waals surface area contributed by atoms with Crippen LogP contribution < -0.4 is 0 Å². The second-order valence-corrected chi connectivity index (χ2v) is 9.19. The van der Waals surface area contributed by atoms with Gasteiger partial charge in [0.15, 0.2) is 0 Å². The van der Waals surface area contributed by atoms with Crippen LogP contribution in [0.4, 0.5) is 0 Å². The van der Waals surface area contributed by atoms with E-state index in [0.717, 1.165) is 56.0 Å². The summed E-state index contributed by atoms with van der Waals surface area (Å²) in [4.78, 5) is 29.2. The molecule has 0 spiro atoms. The normalized spacial score (nSPS) is 21.1. The fraction of sp³-hybridized carbons (Fsp3) is 0.0800. The number of hydrogen-bond donors (Lipinski definition) is 2. The molecule has 10 bridgehead atoms. The van der Waals surface area contributed by atoms with Crippen LogP contribution in [0.2, 0.25) is 0 Å². The van der Waals surface area contributed by atoms with Gasteiger partial charge in [0.1, 0.15) is 0 Å². The fourth-order valence-corrected chi connectivity index (χ4v) is 5.76. The SMILES string of the molecule is O=C1SC2C=CC1C1=C2c2cc3ccc(cc4ccc(cc5nc(cc1n2)C=C5)[nH]4)[nH]3. The Morgan fingerprint density at radius 1 is 0.710 bits per heavy atom. The first kappa shape index (κ1) is 17.1. The molecule has 0 saturated carbocycles. The lowest BCUT2D eigenvalue weighted by Crippen LogP contribution is -2.26. The van der Waals surface area contributed by atoms with Crippen LogP contribution in [0, 0.1) is 5.92 Å². The van der Waals surface area contributed by atoms with Crippen molar-refractivity contribution in [3.63, 3.8) is 0 Å². The minimum atomic E-state index is -0.237. The first-order valence-electron chi connectivity index (χ1n) is 10.2. The van der Waals surface area contributed by atoms with Gasteiger partial charge in [-0.25, -0.2) is 9.97 Å². The molecule has 0 saturated heterocycles. The Hall–Kier alpha value is -3.64. The second kappa shape index (κ2) is 6.18. The van der Waals surface area contributed by atoms with E-state index >= 15 is 0 Å². The first-order valence-corrected chi connectivity index (χ1v) is 11.1. The van der Waals surface area contributed by atoms with Gasteiger partial charge in [-0.1, -0.05) is 23.9 Å². The molecule has 2 N–H and O–H groups in total. The molecule has 8 rings (SSSR count). The summed E-state index contributed by atoms with van der Waals surface area (Å²) in [6.45, 7) is 0. The molecule has 5 aliphatic rings. The van der Waals surface area contributed by atoms with Gasteiger partial charge in [0.05, 0.1) is 33.9 Å². The van der Waals surface area contributed by atoms with E-state index in [2.05, 4.69) is 46.4 Å². The Balaban J connectivity index is 1.57. The van der Waals surface area contributed by atoms with Crippen LogP contribution in [-0.2, 0) is 4.79 Å². The molecule has 7 heterocycles. The number of nitrogens with zero attached hydrogens (tertiary/aromatic N) is 2. The van der Waals surface area contributed by atoms with E-state index in [1.807, 2.05) is 36.4 Å². The number of carbonyl (C=O) groups excluding carboxylic acids is 1. The van der Waals surface area contributed by atoms with Gasteiger partial charge in [-0.2, -0.15) is 0 Å². The van der Waals surface area contributed by atoms with E-state index in [-0.39, 0.29) is 16.3 Å². The van der Waals surface area contributed by atoms with Crippen molar-refractivity contribution in [3.05, 3.63) is 83.5 Å². The number of fused-ring (bicyclic) bond motifs is 9. The van der Waals surface area contributed by atoms with E-state index in [1.165, 1.54) is 11.8 Å². The Morgan fingerprint density at radius 2 is 1.35 bits per heavy atom. The van der Waals surface area contributed by atoms with Crippen molar-refractivity contribution in [2.75, 3.05) is 0 Å². The van der Waals surface area contributed by atoms with Gasteiger partial charge < -0.3 is 9.97 Å². The molecule has 4 aliphatic heterocycles. The van der Waals surface area contributed by atoms with E-state index in [9.17, 15) is 4.79 Å². The number of thioether (sulfide) groups is 1. The largest absolute Gasteiger partial charge is 0.355 e. The molecule has 3 aromatic rings. The van der Waals surface area contributed by atoms with Crippen LogP contribution in [0.1, 0.15) is 22.8 Å². The topological polar surface area (TPSA) is 74.4 Å². The third kappa shape index (κ3) is 2.68. The number of H-pyrrole nitrogens is 2. The van der Waals surface area contributed by atoms with Crippen LogP contribution in [0.25, 0.3) is 45.4 Å². The van der Waals surface area contributed by atoms with Crippen molar-refractivity contribution in [2.24, 2.45) is 5.92 Å². The van der Waals surface area contributed by atoms with Crippen molar-refractivity contribution in [3.8, 4) is 0 Å². The quantitative estimate of drug-likeness (QED) is 0.382. The average Bonchev–Trinajstić information content (AvgIpc) is 3.53. The van der Waals surface area contributed by atoms with Crippen LogP contribution >= 0.6 is 11.8 Å². The lowest BCUT2D eigenvalue weighted by atomic mass is 9.86. The van der Waals surface area contributed by atoms with Crippen LogP contribution in [0.15, 0.2) is 60.7 Å². The third-order valence-corrected chi connectivity index (χ3v) is 7.12. The van der Waals surface area contributed by atoms with Crippen LogP contribution in [-0.4, -0.2) is 30.3 Å². The Bertz CT molecular complexity index is 1550. The maximum absolute atomic E-state index is 12.6. The average molecular weight is 420 g/mol. The zero-order valence-electron chi connectivity index (χ0n) is 16.3. The van der Waals surface area contributed by atoms with Crippen molar-refractivity contribution in [1.82, 2.24) is 19.9 Å². The van der Waals surface area contributed by atoms with Gasteiger partial charge in [-0.05, 0) is 66.3 Å². The van der Waals surface area contributed by atoms with Gasteiger partial charge in [-0.15, -0.1) is 0 Å². The molecule has 0 radical (unpaired) electrons. The smallest absolute Gasteiger partial charge is 0.201 e. The molecule has 1 aliphatic carbocycles. The summed E-state index contributed by atoms with van der Waals surface area (Å²) in [5.41, 5.74) is 9.69. The number of hydrogen-bond acceptors (Lipinski definition) is 4. The zero-order chi connectivity index (χ0) is 20.5. The fourth-order valence-electron chi connectivity index (χ4n) is 4.63. The van der Waals surface area contributed by atoms with E-state index in [4.69, 9.17) is 9.97 Å². The lowest BCUT2D eigenvalue weighted by molar-refractivity contribution is -0.112. The highest BCUT2D eigenvalue weighted by Crippen LogP contribution is 2.51. The van der Waals surface area contributed by atoms with Gasteiger partial charge in [0.2, 0.25) is 5.12 Å². The molecule has 148 valence electrons. The van der Waals surface area contributed by atoms with Crippen molar-refractivity contribution < 1.29 is 4.79 Å². The summed E-state index contributed by atoms with van der Waals surface area (Å²) in [6, 6.07) is 16.4. The Labute approximate surface area is 181 Å². The summed E-state index contributed by atoms with van der Waals surface area (Å²) in [7, 11) is 0. The minimum absolute atomic E-state index is 0.0185. The van der Waals surface area contributed by atoms with Gasteiger partial charge in [0.25, 0.3) is 0 Å². The van der Waals surface area contributed by atoms with Crippen LogP contribution in [0.3, 0.4) is 0 Å². The minimum Gasteiger partial charge on any atom is -0.355 e. The molecule has 6 heteroatoms. The summed E-state index contributed by atoms with van der Waals surface area (Å²) < 4.78 is 0. The number of aromatic nitrogens is 4. The zero-order valence-corrected chi connectivity index (χ0v) is 17.1. The highest BCUT2D eigenvalue weighted by molar-refractivity contribution is 8.15. The van der Waals surface area contributed by atoms with Crippen molar-refractivity contribution in [2.45, 2.75) is 5.25 Å². The molecular formula is C25H16N4OS. The number of allylic oxidation sites excluding steroid dienone is 2. The number of aromatic amines is 2. The molecular weight excluding hydrogens is 404 g/mol. The predicted molar refractivity (Wildman–Crippen MR) is 126 cm³/mol. The summed E-state index contributed by atoms with van der Waals surface area (Å²) in [6.07, 6.45) is 8.16. The number of rotatable bonds is 0. The van der Waals surface area contributed by atoms with E-state index < -0.39 is 0 Å². The maximum Gasteiger partial charge on any atom is 0.201 e. The maximum atomic E-state index is 12.6. The number of carbonyl (C=O) groups is 1. The molecule has 3 aromatic heterocycles. The van der Waals surface area contributed by atoms with Gasteiger partial charge in [-0.3, -0.25) is 4.79 Å². The van der Waals surface area contributed by atoms with Gasteiger partial charge in [0, 0.05) is 27.6 Å². The predicted octanol–water partition coefficient (Wildman–Crippen LogP) is 5.22. The highest BCUT2D eigenvalue weighted by atomic mass is 32.2. The Morgan fingerprint density at radius 3 is 2.10 bits per heavy atom. The second-order valence-electron chi connectivity index (χ2n) is 8.04. The molecule has 31 heavy (non-hydrogen) atoms. The van der Waals surface area contributed by atoms with Crippen molar-refractivity contribution in [1.29, 1.82) is 0 Å². The van der Waals surface area contributed by atoms with E-state index in [0.29, 0.717) is 0 Å². The van der Waals surface area contributed by atoms with Crippen LogP contribution in [0.5, 0.6) is 0 Å².